The van der Waals surface area contributed by atoms with Gasteiger partial charge in [0.2, 0.25) is 17.8 Å². The zero-order chi connectivity index (χ0) is 93.3. The minimum atomic E-state index is -0.878. The Morgan fingerprint density at radius 2 is 0.824 bits per heavy atom. The van der Waals surface area contributed by atoms with E-state index in [2.05, 4.69) is 161 Å². The second-order valence-corrected chi connectivity index (χ2v) is 29.9. The van der Waals surface area contributed by atoms with E-state index in [1.807, 2.05) is 51.2 Å². The van der Waals surface area contributed by atoms with E-state index in [0.717, 1.165) is 16.5 Å². The maximum Gasteiger partial charge on any atom is 0.482 e. The third-order valence-electron chi connectivity index (χ3n) is 14.4. The van der Waals surface area contributed by atoms with Crippen molar-refractivity contribution in [3.63, 3.8) is 0 Å². The first-order valence-electron chi connectivity index (χ1n) is 33.1. The molecule has 0 fully saturated rings. The molecule has 15 rings (SSSR count). The highest BCUT2D eigenvalue weighted by molar-refractivity contribution is 14.1. The van der Waals surface area contributed by atoms with Crippen LogP contribution >= 0.6 is 196 Å². The van der Waals surface area contributed by atoms with Crippen molar-refractivity contribution in [3.8, 4) is 46.5 Å². The van der Waals surface area contributed by atoms with Gasteiger partial charge in [-0.15, -0.1) is 18.5 Å². The van der Waals surface area contributed by atoms with Gasteiger partial charge in [-0.1, -0.05) is 75.7 Å². The van der Waals surface area contributed by atoms with Crippen molar-refractivity contribution in [1.29, 1.82) is 21.0 Å². The van der Waals surface area contributed by atoms with Gasteiger partial charge in [0, 0.05) is 95.2 Å². The predicted molar refractivity (Wildman–Crippen MR) is 508 cm³/mol. The highest BCUT2D eigenvalue weighted by atomic mass is 127. The molecule has 15 aromatic rings. The molecule has 0 aromatic carbocycles. The van der Waals surface area contributed by atoms with E-state index < -0.39 is 70.1 Å². The number of pyridine rings is 13. The van der Waals surface area contributed by atoms with Crippen molar-refractivity contribution in [2.75, 3.05) is 15.3 Å². The van der Waals surface area contributed by atoms with Crippen molar-refractivity contribution in [2.24, 2.45) is 0 Å². The zero-order valence-corrected chi connectivity index (χ0v) is 81.5. The molecular weight excluding hydrogens is 2200 g/mol. The fourth-order valence-electron chi connectivity index (χ4n) is 9.08. The summed E-state index contributed by atoms with van der Waals surface area (Å²) in [6.45, 7) is 2.86. The summed E-state index contributed by atoms with van der Waals surface area (Å²) in [5.41, 5.74) is 4.78. The molecule has 0 aliphatic rings. The van der Waals surface area contributed by atoms with E-state index in [0.29, 0.717) is 73.8 Å². The highest BCUT2D eigenvalue weighted by Gasteiger charge is 2.23. The first kappa shape index (κ1) is 109. The molecule has 0 spiro atoms. The van der Waals surface area contributed by atoms with Crippen molar-refractivity contribution >= 4 is 265 Å². The van der Waals surface area contributed by atoms with E-state index >= 15 is 0 Å². The summed E-state index contributed by atoms with van der Waals surface area (Å²) in [4.78, 5) is 47.9. The van der Waals surface area contributed by atoms with Gasteiger partial charge in [0.15, 0.2) is 88.8 Å². The van der Waals surface area contributed by atoms with Gasteiger partial charge in [-0.05, 0) is 204 Å². The molecule has 0 saturated carbocycles. The lowest BCUT2D eigenvalue weighted by atomic mass is 10.1. The largest absolute Gasteiger partial charge is 0.482 e. The normalized spacial score (nSPS) is 9.75. The highest BCUT2D eigenvalue weighted by Crippen LogP contribution is 2.38. The first-order chi connectivity index (χ1) is 59.7. The van der Waals surface area contributed by atoms with Gasteiger partial charge < -0.3 is 34.0 Å². The Balaban J connectivity index is 0.000000295. The molecule has 0 amide bonds. The minimum Gasteiger partial charge on any atom is -0.429 e. The Bertz CT molecular complexity index is 6300. The fourth-order valence-corrected chi connectivity index (χ4v) is 14.4. The predicted octanol–water partition coefficient (Wildman–Crippen LogP) is 22.2. The molecule has 7 atom stereocenters. The zero-order valence-electron chi connectivity index (χ0n) is 63.0. The van der Waals surface area contributed by atoms with Crippen LogP contribution in [0, 0.1) is 117 Å². The Kier molecular flexibility index (Phi) is 49.7. The molecule has 0 aliphatic heterocycles. The second-order valence-electron chi connectivity index (χ2n) is 22.0. The van der Waals surface area contributed by atoms with Crippen LogP contribution in [0.2, 0.25) is 30.9 Å². The molecule has 24 nitrogen and oxygen atoms in total. The number of nitriles is 4. The number of nitrogens with one attached hydrogen (secondary N) is 3. The van der Waals surface area contributed by atoms with E-state index in [1.54, 1.807) is 88.1 Å². The maximum absolute atomic E-state index is 14.1. The van der Waals surface area contributed by atoms with Gasteiger partial charge in [-0.25, -0.2) is 99.9 Å². The molecule has 0 bridgehead atoms. The minimum absolute atomic E-state index is 0. The van der Waals surface area contributed by atoms with Crippen LogP contribution in [0.5, 0.6) is 0 Å². The van der Waals surface area contributed by atoms with Gasteiger partial charge in [0.25, 0.3) is 0 Å². The van der Waals surface area contributed by atoms with Crippen LogP contribution in [0.3, 0.4) is 0 Å². The maximum atomic E-state index is 14.1. The van der Waals surface area contributed by atoms with Crippen LogP contribution < -0.4 is 15.3 Å². The molecule has 1 radical (unpaired) electrons. The Labute approximate surface area is 787 Å². The number of anilines is 3. The summed E-state index contributed by atoms with van der Waals surface area (Å²) in [6, 6.07) is 26.9. The van der Waals surface area contributed by atoms with Crippen LogP contribution in [0.25, 0.3) is 66.1 Å². The van der Waals surface area contributed by atoms with Crippen molar-refractivity contribution in [2.45, 2.75) is 26.2 Å². The molecule has 15 aromatic heterocycles. The summed E-state index contributed by atoms with van der Waals surface area (Å²) >= 11 is 39.5. The van der Waals surface area contributed by atoms with Gasteiger partial charge in [0.05, 0.1) is 94.9 Å². The smallest absolute Gasteiger partial charge is 0.429 e. The average molecular weight is 2260 g/mol. The molecule has 0 aliphatic carbocycles. The number of fused-ring (bicyclic) bond motifs is 6. The molecule has 7 unspecified atom stereocenters. The summed E-state index contributed by atoms with van der Waals surface area (Å²) in [5, 5.41) is 55.6. The summed E-state index contributed by atoms with van der Waals surface area (Å²) < 4.78 is 151. The van der Waals surface area contributed by atoms with Crippen molar-refractivity contribution in [1.82, 2.24) is 73.5 Å². The second kappa shape index (κ2) is 56.9. The van der Waals surface area contributed by atoms with Crippen molar-refractivity contribution in [3.05, 3.63) is 289 Å². The van der Waals surface area contributed by atoms with Crippen LogP contribution in [-0.4, -0.2) is 91.2 Å². The summed E-state index contributed by atoms with van der Waals surface area (Å²) in [5.74, 6) is -6.64. The van der Waals surface area contributed by atoms with Crippen molar-refractivity contribution < 1.29 is 58.3 Å². The third-order valence-corrected chi connectivity index (χ3v) is 21.5. The van der Waals surface area contributed by atoms with E-state index in [4.69, 9.17) is 101 Å². The fraction of sp³-hybridized carbons (Fsp3) is 0.0548. The summed E-state index contributed by atoms with van der Waals surface area (Å²) in [7, 11) is 16.6. The molecular formula is C73H55BBrCl6F11I2N22O2P7. The molecule has 52 heteroatoms. The molecule has 0 saturated heterocycles. The summed E-state index contributed by atoms with van der Waals surface area (Å²) in [6.07, 6.45) is 20.3. The standard InChI is InChI=1S/C11H7F2N4P.C11H6FN4P.C10H7ClF2N3P.C10H6ClFN3P.C6H5ClFINP.C6H6ClFNP.C5H2BrClFN.C5H4ClFIN2P.C5H4FN.2C2H3N.BH2O2/c12-10-7(4-14)16-5-8(17-18)9(10)6-2-1-3-15-11(6)13;12-10-7(4-13)15-5-8-9(10)6-2-1-3-14-11(6)16(8)17;11-9-8(12)7(6(16-17)4-15-9)5-2-1-3-14-10(5)13;11-9-8(12)7-5-2-1-3-13-10(5)15(16)6(7)4-14-9;7-6-4(8)5(9)3(2-11)1-10-6;7-6-5(8)1-4(3-10)2-9-6;6-3-1-4(8)5(7)9-2-3;6-5-3(7)4(8)2(10-11)1-9-5;6-5-3-1-2-4-7-5;2*1-2-3;2-1-3/h1-3,5,17H,18H2;1-3,5H,17H2;1-4,16H,17H2;1-4H,16H2;1H,2,11H2;1-2H,3,10H2;1-2H;1,10H,11H2;1-4H;2*1H3;2-3H. The molecule has 15 heterocycles. The lowest BCUT2D eigenvalue weighted by molar-refractivity contribution is 0.448. The topological polar surface area (TPSA) is 349 Å². The lowest BCUT2D eigenvalue weighted by Crippen LogP contribution is -2.00. The SMILES string of the molecule is CC#N.CC#N.Fc1c(Cl)ncc(CP)c1I.Fc1c(Cl)ncc(NP)c1I.Fc1c(Cl)ncc2c1c1cccnc1n2P.Fc1cc(Br)cnc1Cl.Fc1cc(CP)cnc1Cl.Fc1ccccn1.Fc1ncccc1-c1c(NP)cnc(Cl)c1F.N#Cc1ncc(NP)c(-c2cccnc2F)c1F.N#Cc1ncc2c(c1F)c1cccnc1n2P.O[B]O. The molecule has 125 heavy (non-hydrogen) atoms. The van der Waals surface area contributed by atoms with Gasteiger partial charge in [0.1, 0.15) is 23.4 Å². The number of nitrogens with zero attached hydrogens (tertiary/aromatic N) is 19. The van der Waals surface area contributed by atoms with Gasteiger partial charge in [-0.3, -0.25) is 0 Å². The third kappa shape index (κ3) is 31.6. The Morgan fingerprint density at radius 1 is 0.440 bits per heavy atom. The van der Waals surface area contributed by atoms with E-state index in [1.165, 1.54) is 112 Å². The van der Waals surface area contributed by atoms with Crippen LogP contribution in [0.4, 0.5) is 65.4 Å². The number of rotatable bonds is 7. The van der Waals surface area contributed by atoms with Crippen LogP contribution in [0.1, 0.15) is 36.4 Å². The van der Waals surface area contributed by atoms with Gasteiger partial charge >= 0.3 is 7.69 Å². The van der Waals surface area contributed by atoms with Gasteiger partial charge in [-0.2, -0.15) is 34.2 Å². The number of aromatic nitrogens is 15. The van der Waals surface area contributed by atoms with Crippen LogP contribution in [-0.2, 0) is 12.3 Å². The van der Waals surface area contributed by atoms with E-state index in [-0.39, 0.29) is 72.2 Å². The molecule has 5 N–H and O–H groups in total. The average Bonchev–Trinajstić information content (AvgIpc) is 1.64. The van der Waals surface area contributed by atoms with E-state index in [9.17, 15) is 48.3 Å². The quantitative estimate of drug-likeness (QED) is 0.0325. The lowest BCUT2D eigenvalue weighted by Gasteiger charge is -2.10. The number of hydrogen-bond donors (Lipinski definition) is 5. The first-order valence-corrected chi connectivity index (χ1v) is 42.7. The monoisotopic (exact) mass is 2250 g/mol. The Morgan fingerprint density at radius 3 is 1.26 bits per heavy atom. The molecule has 647 valence electrons. The Hall–Kier alpha value is -8.19. The number of halogens is 20. The number of hydrogen-bond acceptors (Lipinski definition) is 22. The van der Waals surface area contributed by atoms with Crippen LogP contribution in [0.15, 0.2) is 164 Å².